The van der Waals surface area contributed by atoms with E-state index in [4.69, 9.17) is 0 Å². The van der Waals surface area contributed by atoms with Gasteiger partial charge in [-0.2, -0.15) is 0 Å². The highest BCUT2D eigenvalue weighted by Gasteiger charge is 2.11. The number of fused-ring (bicyclic) bond motifs is 1. The van der Waals surface area contributed by atoms with Gasteiger partial charge in [0.05, 0.1) is 5.56 Å². The van der Waals surface area contributed by atoms with Crippen molar-refractivity contribution in [2.24, 2.45) is 0 Å². The standard InChI is InChI=1S/C12H11N3O3/c1-7(16)14-15-12(18)9-6-11(17)13-10-5-3-2-4-8(9)10/h2-6H,1H3,(H,13,17)(H,14,16)(H,15,18). The Morgan fingerprint density at radius 2 is 1.89 bits per heavy atom. The summed E-state index contributed by atoms with van der Waals surface area (Å²) < 4.78 is 0. The van der Waals surface area contributed by atoms with E-state index in [1.165, 1.54) is 13.0 Å². The van der Waals surface area contributed by atoms with E-state index in [0.29, 0.717) is 10.9 Å². The fourth-order valence-electron chi connectivity index (χ4n) is 1.60. The van der Waals surface area contributed by atoms with E-state index in [2.05, 4.69) is 15.8 Å². The second-order valence-electron chi connectivity index (χ2n) is 3.73. The van der Waals surface area contributed by atoms with Crippen molar-refractivity contribution < 1.29 is 9.59 Å². The second-order valence-corrected chi connectivity index (χ2v) is 3.73. The number of hydrogen-bond acceptors (Lipinski definition) is 3. The van der Waals surface area contributed by atoms with Crippen molar-refractivity contribution in [1.82, 2.24) is 15.8 Å². The summed E-state index contributed by atoms with van der Waals surface area (Å²) in [5.41, 5.74) is 4.81. The maximum absolute atomic E-state index is 11.8. The highest BCUT2D eigenvalue weighted by Crippen LogP contribution is 2.13. The Hall–Kier alpha value is -2.63. The Kier molecular flexibility index (Phi) is 3.09. The number of nitrogens with one attached hydrogen (secondary N) is 3. The van der Waals surface area contributed by atoms with Crippen LogP contribution in [0.25, 0.3) is 10.9 Å². The van der Waals surface area contributed by atoms with Gasteiger partial charge < -0.3 is 4.98 Å². The highest BCUT2D eigenvalue weighted by molar-refractivity contribution is 6.06. The van der Waals surface area contributed by atoms with Crippen LogP contribution >= 0.6 is 0 Å². The molecule has 1 heterocycles. The van der Waals surface area contributed by atoms with Crippen molar-refractivity contribution >= 4 is 22.7 Å². The molecule has 0 aliphatic rings. The summed E-state index contributed by atoms with van der Waals surface area (Å²) in [6, 6.07) is 8.13. The number of hydrazine groups is 1. The predicted molar refractivity (Wildman–Crippen MR) is 65.9 cm³/mol. The molecule has 1 aromatic carbocycles. The van der Waals surface area contributed by atoms with Gasteiger partial charge in [0.1, 0.15) is 0 Å². The maximum Gasteiger partial charge on any atom is 0.270 e. The molecule has 2 aromatic rings. The van der Waals surface area contributed by atoms with Gasteiger partial charge in [-0.15, -0.1) is 0 Å². The number of benzene rings is 1. The lowest BCUT2D eigenvalue weighted by Crippen LogP contribution is -2.40. The first-order chi connectivity index (χ1) is 8.58. The predicted octanol–water partition coefficient (Wildman–Crippen LogP) is 0.309. The molecule has 0 saturated heterocycles. The lowest BCUT2D eigenvalue weighted by Gasteiger charge is -2.07. The molecule has 2 amide bonds. The third-order valence-corrected chi connectivity index (χ3v) is 2.35. The molecule has 0 spiro atoms. The minimum atomic E-state index is -0.535. The molecule has 0 unspecified atom stereocenters. The number of para-hydroxylation sites is 1. The largest absolute Gasteiger partial charge is 0.322 e. The molecule has 0 bridgehead atoms. The van der Waals surface area contributed by atoms with Crippen LogP contribution in [0, 0.1) is 0 Å². The number of H-pyrrole nitrogens is 1. The Balaban J connectivity index is 2.46. The Morgan fingerprint density at radius 1 is 1.17 bits per heavy atom. The average molecular weight is 245 g/mol. The van der Waals surface area contributed by atoms with Gasteiger partial charge in [0.25, 0.3) is 5.91 Å². The third-order valence-electron chi connectivity index (χ3n) is 2.35. The SMILES string of the molecule is CC(=O)NNC(=O)c1cc(=O)[nH]c2ccccc12. The molecule has 0 atom stereocenters. The van der Waals surface area contributed by atoms with Crippen LogP contribution in [-0.4, -0.2) is 16.8 Å². The Bertz CT molecular complexity index is 676. The number of hydrogen-bond donors (Lipinski definition) is 3. The van der Waals surface area contributed by atoms with Crippen LogP contribution in [0.2, 0.25) is 0 Å². The topological polar surface area (TPSA) is 91.1 Å². The minimum absolute atomic E-state index is 0.211. The molecule has 2 rings (SSSR count). The second kappa shape index (κ2) is 4.70. The molecule has 92 valence electrons. The van der Waals surface area contributed by atoms with E-state index in [1.807, 2.05) is 0 Å². The minimum Gasteiger partial charge on any atom is -0.322 e. The molecular weight excluding hydrogens is 234 g/mol. The smallest absolute Gasteiger partial charge is 0.270 e. The first kappa shape index (κ1) is 11.8. The summed E-state index contributed by atoms with van der Waals surface area (Å²) in [7, 11) is 0. The van der Waals surface area contributed by atoms with Crippen molar-refractivity contribution in [3.8, 4) is 0 Å². The van der Waals surface area contributed by atoms with Gasteiger partial charge >= 0.3 is 0 Å². The quantitative estimate of drug-likeness (QED) is 0.631. The summed E-state index contributed by atoms with van der Waals surface area (Å²) in [5, 5.41) is 0.611. The van der Waals surface area contributed by atoms with Crippen LogP contribution in [0.5, 0.6) is 0 Å². The molecule has 0 radical (unpaired) electrons. The monoisotopic (exact) mass is 245 g/mol. The molecule has 0 fully saturated rings. The summed E-state index contributed by atoms with van der Waals surface area (Å²) >= 11 is 0. The van der Waals surface area contributed by atoms with Gasteiger partial charge in [0.2, 0.25) is 11.5 Å². The van der Waals surface area contributed by atoms with Crippen molar-refractivity contribution in [3.05, 3.63) is 46.2 Å². The molecule has 0 saturated carbocycles. The molecule has 6 nitrogen and oxygen atoms in total. The van der Waals surface area contributed by atoms with E-state index >= 15 is 0 Å². The Labute approximate surface area is 102 Å². The normalized spacial score (nSPS) is 10.1. The number of aromatic amines is 1. The zero-order chi connectivity index (χ0) is 13.1. The number of carbonyl (C=O) groups excluding carboxylic acids is 2. The lowest BCUT2D eigenvalue weighted by atomic mass is 10.1. The zero-order valence-electron chi connectivity index (χ0n) is 9.61. The van der Waals surface area contributed by atoms with Gasteiger partial charge in [-0.1, -0.05) is 18.2 Å². The van der Waals surface area contributed by atoms with Crippen LogP contribution in [0.3, 0.4) is 0 Å². The van der Waals surface area contributed by atoms with Gasteiger partial charge in [-0.3, -0.25) is 25.2 Å². The molecule has 1 aromatic heterocycles. The number of aromatic nitrogens is 1. The van der Waals surface area contributed by atoms with Crippen molar-refractivity contribution in [1.29, 1.82) is 0 Å². The van der Waals surface area contributed by atoms with Crippen molar-refractivity contribution in [2.75, 3.05) is 0 Å². The fourth-order valence-corrected chi connectivity index (χ4v) is 1.60. The number of rotatable bonds is 1. The molecular formula is C12H11N3O3. The van der Waals surface area contributed by atoms with Crippen LogP contribution in [0.15, 0.2) is 35.1 Å². The molecule has 0 aliphatic heterocycles. The maximum atomic E-state index is 11.8. The molecule has 6 heteroatoms. The highest BCUT2D eigenvalue weighted by atomic mass is 16.2. The van der Waals surface area contributed by atoms with Crippen molar-refractivity contribution in [3.63, 3.8) is 0 Å². The van der Waals surface area contributed by atoms with E-state index in [1.54, 1.807) is 24.3 Å². The number of carbonyl (C=O) groups is 2. The summed E-state index contributed by atoms with van der Waals surface area (Å²) in [4.78, 5) is 36.6. The molecule has 3 N–H and O–H groups in total. The first-order valence-corrected chi connectivity index (χ1v) is 5.27. The summed E-state index contributed by atoms with van der Waals surface area (Å²) in [6.45, 7) is 1.27. The van der Waals surface area contributed by atoms with Gasteiger partial charge in [0, 0.05) is 23.9 Å². The van der Waals surface area contributed by atoms with Gasteiger partial charge in [-0.05, 0) is 6.07 Å². The lowest BCUT2D eigenvalue weighted by molar-refractivity contribution is -0.119. The van der Waals surface area contributed by atoms with Crippen LogP contribution < -0.4 is 16.4 Å². The summed E-state index contributed by atoms with van der Waals surface area (Å²) in [6.07, 6.45) is 0. The van der Waals surface area contributed by atoms with E-state index in [0.717, 1.165) is 0 Å². The van der Waals surface area contributed by atoms with Gasteiger partial charge in [-0.25, -0.2) is 0 Å². The zero-order valence-corrected chi connectivity index (χ0v) is 9.61. The van der Waals surface area contributed by atoms with E-state index in [9.17, 15) is 14.4 Å². The third kappa shape index (κ3) is 2.37. The Morgan fingerprint density at radius 3 is 2.61 bits per heavy atom. The summed E-state index contributed by atoms with van der Waals surface area (Å²) in [5.74, 6) is -0.926. The number of amides is 2. The van der Waals surface area contributed by atoms with E-state index < -0.39 is 11.8 Å². The number of pyridine rings is 1. The first-order valence-electron chi connectivity index (χ1n) is 5.27. The average Bonchev–Trinajstić information content (AvgIpc) is 2.34. The van der Waals surface area contributed by atoms with Crippen LogP contribution in [0.1, 0.15) is 17.3 Å². The van der Waals surface area contributed by atoms with Crippen LogP contribution in [-0.2, 0) is 4.79 Å². The van der Waals surface area contributed by atoms with Crippen molar-refractivity contribution in [2.45, 2.75) is 6.92 Å². The van der Waals surface area contributed by atoms with E-state index in [-0.39, 0.29) is 11.1 Å². The molecule has 18 heavy (non-hydrogen) atoms. The van der Waals surface area contributed by atoms with Crippen LogP contribution in [0.4, 0.5) is 0 Å². The fraction of sp³-hybridized carbons (Fsp3) is 0.0833. The van der Waals surface area contributed by atoms with Gasteiger partial charge in [0.15, 0.2) is 0 Å². The molecule has 0 aliphatic carbocycles.